The zero-order chi connectivity index (χ0) is 14.6. The number of nitrogens with two attached hydrogens (primary N) is 1. The maximum atomic E-state index is 11.7. The lowest BCUT2D eigenvalue weighted by Gasteiger charge is -2.39. The molecule has 0 aliphatic heterocycles. The minimum atomic E-state index is -1.81. The van der Waals surface area contributed by atoms with E-state index in [4.69, 9.17) is 5.73 Å². The van der Waals surface area contributed by atoms with E-state index in [0.29, 0.717) is 12.7 Å². The molecule has 3 N–H and O–H groups in total. The molecule has 0 aromatic carbocycles. The standard InChI is InChI=1S/C13H23NO4/c1-5-6-7-13(10(14)16,11(17)18)9(8-15)12(2,3)4/h8-9H,5-7H2,1-4H3,(H2,14,16)(H,17,18). The molecule has 18 heavy (non-hydrogen) atoms. The molecule has 0 fully saturated rings. The van der Waals surface area contributed by atoms with Gasteiger partial charge in [0, 0.05) is 5.92 Å². The molecule has 0 rings (SSSR count). The van der Waals surface area contributed by atoms with Crippen LogP contribution in [-0.2, 0) is 14.4 Å². The Morgan fingerprint density at radius 2 is 1.83 bits per heavy atom. The number of amides is 1. The summed E-state index contributed by atoms with van der Waals surface area (Å²) < 4.78 is 0. The Balaban J connectivity index is 5.74. The summed E-state index contributed by atoms with van der Waals surface area (Å²) in [4.78, 5) is 34.6. The first-order valence-corrected chi connectivity index (χ1v) is 6.13. The Kier molecular flexibility index (Phi) is 5.52. The number of hydrogen-bond donors (Lipinski definition) is 2. The molecule has 104 valence electrons. The second kappa shape index (κ2) is 5.98. The van der Waals surface area contributed by atoms with Crippen molar-refractivity contribution >= 4 is 18.2 Å². The van der Waals surface area contributed by atoms with Gasteiger partial charge in [0.15, 0.2) is 5.41 Å². The quantitative estimate of drug-likeness (QED) is 0.534. The number of carbonyl (C=O) groups is 3. The predicted molar refractivity (Wildman–Crippen MR) is 67.8 cm³/mol. The summed E-state index contributed by atoms with van der Waals surface area (Å²) in [5.41, 5.74) is 2.86. The second-order valence-electron chi connectivity index (χ2n) is 5.72. The number of hydrogen-bond acceptors (Lipinski definition) is 3. The van der Waals surface area contributed by atoms with E-state index in [2.05, 4.69) is 0 Å². The van der Waals surface area contributed by atoms with Crippen molar-refractivity contribution in [1.29, 1.82) is 0 Å². The monoisotopic (exact) mass is 257 g/mol. The highest BCUT2D eigenvalue weighted by Gasteiger charge is 2.54. The van der Waals surface area contributed by atoms with E-state index < -0.39 is 28.6 Å². The Hall–Kier alpha value is -1.39. The van der Waals surface area contributed by atoms with Crippen LogP contribution in [0.5, 0.6) is 0 Å². The number of carbonyl (C=O) groups excluding carboxylic acids is 2. The third-order valence-corrected chi connectivity index (χ3v) is 3.35. The normalized spacial score (nSPS) is 16.7. The van der Waals surface area contributed by atoms with Crippen LogP contribution in [0.15, 0.2) is 0 Å². The molecular weight excluding hydrogens is 234 g/mol. The summed E-state index contributed by atoms with van der Waals surface area (Å²) in [5.74, 6) is -3.18. The highest BCUT2D eigenvalue weighted by molar-refractivity contribution is 6.03. The molecule has 0 saturated carbocycles. The van der Waals surface area contributed by atoms with E-state index >= 15 is 0 Å². The van der Waals surface area contributed by atoms with Gasteiger partial charge in [-0.05, 0) is 11.8 Å². The Labute approximate surface area is 108 Å². The Morgan fingerprint density at radius 1 is 1.33 bits per heavy atom. The fraction of sp³-hybridized carbons (Fsp3) is 0.769. The lowest BCUT2D eigenvalue weighted by molar-refractivity contribution is -0.165. The molecule has 0 aromatic rings. The number of aldehydes is 1. The molecule has 0 heterocycles. The van der Waals surface area contributed by atoms with Crippen molar-refractivity contribution < 1.29 is 19.5 Å². The van der Waals surface area contributed by atoms with Crippen molar-refractivity contribution in [2.75, 3.05) is 0 Å². The first kappa shape index (κ1) is 16.6. The van der Waals surface area contributed by atoms with E-state index in [-0.39, 0.29) is 6.42 Å². The molecule has 0 radical (unpaired) electrons. The molecule has 5 nitrogen and oxygen atoms in total. The predicted octanol–water partition coefficient (Wildman–Crippen LogP) is 1.59. The van der Waals surface area contributed by atoms with Crippen LogP contribution in [0.1, 0.15) is 47.0 Å². The minimum Gasteiger partial charge on any atom is -0.480 e. The van der Waals surface area contributed by atoms with Crippen molar-refractivity contribution in [3.8, 4) is 0 Å². The smallest absolute Gasteiger partial charge is 0.319 e. The Bertz CT molecular complexity index is 316. The van der Waals surface area contributed by atoms with Crippen LogP contribution in [-0.4, -0.2) is 23.3 Å². The summed E-state index contributed by atoms with van der Waals surface area (Å²) in [5, 5.41) is 9.43. The summed E-state index contributed by atoms with van der Waals surface area (Å²) in [7, 11) is 0. The SMILES string of the molecule is CCCCC(C(N)=O)(C(=O)O)C(C=O)C(C)(C)C. The molecular formula is C13H23NO4. The van der Waals surface area contributed by atoms with Crippen LogP contribution in [0.25, 0.3) is 0 Å². The van der Waals surface area contributed by atoms with Gasteiger partial charge >= 0.3 is 5.97 Å². The lowest BCUT2D eigenvalue weighted by atomic mass is 9.62. The van der Waals surface area contributed by atoms with Crippen LogP contribution in [0, 0.1) is 16.7 Å². The highest BCUT2D eigenvalue weighted by Crippen LogP contribution is 2.43. The van der Waals surface area contributed by atoms with E-state index in [0.717, 1.165) is 6.42 Å². The van der Waals surface area contributed by atoms with Crippen LogP contribution in [0.4, 0.5) is 0 Å². The van der Waals surface area contributed by atoms with Crippen LogP contribution >= 0.6 is 0 Å². The Morgan fingerprint density at radius 3 is 2.06 bits per heavy atom. The lowest BCUT2D eigenvalue weighted by Crippen LogP contribution is -2.53. The average molecular weight is 257 g/mol. The van der Waals surface area contributed by atoms with Crippen LogP contribution in [0.3, 0.4) is 0 Å². The van der Waals surface area contributed by atoms with Gasteiger partial charge in [-0.2, -0.15) is 0 Å². The molecule has 0 saturated heterocycles. The first-order chi connectivity index (χ1) is 8.14. The summed E-state index contributed by atoms with van der Waals surface area (Å²) in [6.07, 6.45) is 1.91. The van der Waals surface area contributed by atoms with Crippen molar-refractivity contribution in [2.24, 2.45) is 22.5 Å². The molecule has 2 unspecified atom stereocenters. The third kappa shape index (κ3) is 3.09. The van der Waals surface area contributed by atoms with Gasteiger partial charge < -0.3 is 15.6 Å². The van der Waals surface area contributed by atoms with Gasteiger partial charge in [0.1, 0.15) is 6.29 Å². The molecule has 1 amide bonds. The molecule has 0 aliphatic carbocycles. The highest BCUT2D eigenvalue weighted by atomic mass is 16.4. The van der Waals surface area contributed by atoms with E-state index in [1.807, 2.05) is 6.92 Å². The van der Waals surface area contributed by atoms with Crippen molar-refractivity contribution in [3.05, 3.63) is 0 Å². The van der Waals surface area contributed by atoms with E-state index in [1.54, 1.807) is 20.8 Å². The van der Waals surface area contributed by atoms with Crippen LogP contribution < -0.4 is 5.73 Å². The van der Waals surface area contributed by atoms with Gasteiger partial charge in [-0.1, -0.05) is 40.5 Å². The number of rotatable bonds is 7. The summed E-state index contributed by atoms with van der Waals surface area (Å²) in [6.45, 7) is 7.09. The van der Waals surface area contributed by atoms with Crippen LogP contribution in [0.2, 0.25) is 0 Å². The number of unbranched alkanes of at least 4 members (excludes halogenated alkanes) is 1. The topological polar surface area (TPSA) is 97.5 Å². The summed E-state index contributed by atoms with van der Waals surface area (Å²) in [6, 6.07) is 0. The molecule has 2 atom stereocenters. The number of carboxylic acid groups (broad SMARTS) is 1. The third-order valence-electron chi connectivity index (χ3n) is 3.35. The number of carboxylic acids is 1. The minimum absolute atomic E-state index is 0.0921. The van der Waals surface area contributed by atoms with Gasteiger partial charge in [-0.15, -0.1) is 0 Å². The zero-order valence-electron chi connectivity index (χ0n) is 11.5. The molecule has 0 spiro atoms. The van der Waals surface area contributed by atoms with Gasteiger partial charge in [-0.3, -0.25) is 9.59 Å². The van der Waals surface area contributed by atoms with Crippen molar-refractivity contribution in [3.63, 3.8) is 0 Å². The maximum Gasteiger partial charge on any atom is 0.319 e. The van der Waals surface area contributed by atoms with Gasteiger partial charge in [0.05, 0.1) is 0 Å². The van der Waals surface area contributed by atoms with Gasteiger partial charge in [-0.25, -0.2) is 0 Å². The molecule has 0 bridgehead atoms. The number of aliphatic carboxylic acids is 1. The van der Waals surface area contributed by atoms with E-state index in [9.17, 15) is 19.5 Å². The second-order valence-corrected chi connectivity index (χ2v) is 5.72. The molecule has 0 aliphatic rings. The zero-order valence-corrected chi connectivity index (χ0v) is 11.5. The fourth-order valence-corrected chi connectivity index (χ4v) is 2.29. The van der Waals surface area contributed by atoms with Gasteiger partial charge in [0.25, 0.3) is 0 Å². The first-order valence-electron chi connectivity index (χ1n) is 6.13. The van der Waals surface area contributed by atoms with Crippen molar-refractivity contribution in [1.82, 2.24) is 0 Å². The molecule has 5 heteroatoms. The van der Waals surface area contributed by atoms with Crippen molar-refractivity contribution in [2.45, 2.75) is 47.0 Å². The summed E-state index contributed by atoms with van der Waals surface area (Å²) >= 11 is 0. The number of primary amides is 1. The fourth-order valence-electron chi connectivity index (χ4n) is 2.29. The molecule has 0 aromatic heterocycles. The van der Waals surface area contributed by atoms with E-state index in [1.165, 1.54) is 0 Å². The maximum absolute atomic E-state index is 11.7. The van der Waals surface area contributed by atoms with Gasteiger partial charge in [0.2, 0.25) is 5.91 Å². The largest absolute Gasteiger partial charge is 0.480 e. The average Bonchev–Trinajstić information content (AvgIpc) is 2.21.